The number of tetrazole rings is 1. The first-order valence-electron chi connectivity index (χ1n) is 13.4. The van der Waals surface area contributed by atoms with Gasteiger partial charge in [-0.15, -0.1) is 5.10 Å². The fourth-order valence-corrected chi connectivity index (χ4v) is 5.52. The third-order valence-electron chi connectivity index (χ3n) is 7.30. The molecule has 1 saturated carbocycles. The highest BCUT2D eigenvalue weighted by atomic mass is 16.5. The molecule has 1 fully saturated rings. The van der Waals surface area contributed by atoms with Gasteiger partial charge in [-0.25, -0.2) is 4.68 Å². The van der Waals surface area contributed by atoms with Crippen molar-refractivity contribution in [2.45, 2.75) is 57.8 Å². The molecule has 6 rings (SSSR count). The van der Waals surface area contributed by atoms with E-state index >= 15 is 0 Å². The second kappa shape index (κ2) is 11.2. The predicted octanol–water partition coefficient (Wildman–Crippen LogP) is 4.81. The van der Waals surface area contributed by atoms with Gasteiger partial charge in [0.05, 0.1) is 25.5 Å². The Bertz CT molecular complexity index is 1570. The average molecular weight is 526 g/mol. The van der Waals surface area contributed by atoms with E-state index in [9.17, 15) is 4.79 Å². The van der Waals surface area contributed by atoms with Crippen LogP contribution in [-0.4, -0.2) is 41.7 Å². The largest absolute Gasteiger partial charge is 0.494 e. The van der Waals surface area contributed by atoms with Crippen LogP contribution in [0, 0.1) is 0 Å². The summed E-state index contributed by atoms with van der Waals surface area (Å²) in [5, 5.41) is 13.9. The third kappa shape index (κ3) is 5.33. The van der Waals surface area contributed by atoms with Gasteiger partial charge in [0.1, 0.15) is 17.6 Å². The van der Waals surface area contributed by atoms with Crippen LogP contribution < -0.4 is 10.3 Å². The summed E-state index contributed by atoms with van der Waals surface area (Å²) in [6, 6.07) is 15.0. The summed E-state index contributed by atoms with van der Waals surface area (Å²) in [5.41, 5.74) is 2.12. The Kier molecular flexibility index (Phi) is 7.18. The molecule has 0 unspecified atom stereocenters. The number of hydrogen-bond acceptors (Lipinski definition) is 8. The summed E-state index contributed by atoms with van der Waals surface area (Å²) in [7, 11) is 0. The molecule has 0 aliphatic heterocycles. The van der Waals surface area contributed by atoms with Gasteiger partial charge in [-0.1, -0.05) is 18.9 Å². The highest BCUT2D eigenvalue weighted by molar-refractivity contribution is 5.80. The SMILES string of the molecule is CCOc1ccc2[nH]c(=O)c([C@@H](c3nnnn3C3CCCC3)N(Cc3cccnc3)Cc3ccco3)cc2c1. The summed E-state index contributed by atoms with van der Waals surface area (Å²) in [6.45, 7) is 3.46. The highest BCUT2D eigenvalue weighted by Crippen LogP contribution is 2.35. The molecule has 1 atom stereocenters. The lowest BCUT2D eigenvalue weighted by Gasteiger charge is -2.31. The Morgan fingerprint density at radius 2 is 2.05 bits per heavy atom. The molecule has 10 heteroatoms. The van der Waals surface area contributed by atoms with Gasteiger partial charge in [0.15, 0.2) is 5.82 Å². The van der Waals surface area contributed by atoms with Crippen LogP contribution in [-0.2, 0) is 13.1 Å². The predicted molar refractivity (Wildman–Crippen MR) is 145 cm³/mol. The summed E-state index contributed by atoms with van der Waals surface area (Å²) in [6.07, 6.45) is 9.55. The van der Waals surface area contributed by atoms with Crippen molar-refractivity contribution in [3.8, 4) is 5.75 Å². The van der Waals surface area contributed by atoms with E-state index in [0.717, 1.165) is 53.7 Å². The molecule has 4 heterocycles. The molecule has 0 bridgehead atoms. The zero-order valence-electron chi connectivity index (χ0n) is 21.9. The van der Waals surface area contributed by atoms with Crippen molar-refractivity contribution < 1.29 is 9.15 Å². The van der Waals surface area contributed by atoms with E-state index in [4.69, 9.17) is 9.15 Å². The van der Waals surface area contributed by atoms with Gasteiger partial charge in [-0.3, -0.25) is 14.7 Å². The van der Waals surface area contributed by atoms with Crippen molar-refractivity contribution in [3.05, 3.63) is 100 Å². The molecule has 0 saturated heterocycles. The van der Waals surface area contributed by atoms with E-state index in [0.29, 0.717) is 31.1 Å². The van der Waals surface area contributed by atoms with E-state index in [2.05, 4.69) is 30.4 Å². The van der Waals surface area contributed by atoms with Gasteiger partial charge in [0.25, 0.3) is 5.56 Å². The van der Waals surface area contributed by atoms with Gasteiger partial charge < -0.3 is 14.1 Å². The minimum atomic E-state index is -0.546. The number of aromatic amines is 1. The van der Waals surface area contributed by atoms with Gasteiger partial charge in [0.2, 0.25) is 0 Å². The van der Waals surface area contributed by atoms with Crippen LogP contribution in [0.2, 0.25) is 0 Å². The molecule has 1 aliphatic rings. The normalized spacial score (nSPS) is 14.8. The lowest BCUT2D eigenvalue weighted by molar-refractivity contribution is 0.176. The molecule has 4 aromatic heterocycles. The Morgan fingerprint density at radius 3 is 2.82 bits per heavy atom. The summed E-state index contributed by atoms with van der Waals surface area (Å²) in [5.74, 6) is 2.17. The number of benzene rings is 1. The van der Waals surface area contributed by atoms with Gasteiger partial charge in [0, 0.05) is 35.4 Å². The molecule has 39 heavy (non-hydrogen) atoms. The maximum Gasteiger partial charge on any atom is 0.253 e. The van der Waals surface area contributed by atoms with Crippen LogP contribution in [0.4, 0.5) is 0 Å². The van der Waals surface area contributed by atoms with E-state index < -0.39 is 6.04 Å². The number of fused-ring (bicyclic) bond motifs is 1. The van der Waals surface area contributed by atoms with Gasteiger partial charge in [-0.2, -0.15) is 0 Å². The lowest BCUT2D eigenvalue weighted by atomic mass is 10.0. The van der Waals surface area contributed by atoms with Crippen molar-refractivity contribution in [2.24, 2.45) is 0 Å². The zero-order valence-corrected chi connectivity index (χ0v) is 21.9. The fraction of sp³-hybridized carbons (Fsp3) is 0.345. The number of pyridine rings is 2. The first-order valence-corrected chi connectivity index (χ1v) is 13.4. The fourth-order valence-electron chi connectivity index (χ4n) is 5.52. The highest BCUT2D eigenvalue weighted by Gasteiger charge is 2.34. The second-order valence-electron chi connectivity index (χ2n) is 9.90. The number of rotatable bonds is 10. The molecular formula is C29H31N7O3. The number of nitrogens with one attached hydrogen (secondary N) is 1. The first kappa shape index (κ1) is 25.0. The maximum atomic E-state index is 13.7. The number of nitrogens with zero attached hydrogens (tertiary/aromatic N) is 6. The molecule has 5 aromatic rings. The maximum absolute atomic E-state index is 13.7. The molecule has 10 nitrogen and oxygen atoms in total. The minimum Gasteiger partial charge on any atom is -0.494 e. The number of ether oxygens (including phenoxy) is 1. The van der Waals surface area contributed by atoms with Crippen LogP contribution in [0.3, 0.4) is 0 Å². The smallest absolute Gasteiger partial charge is 0.253 e. The van der Waals surface area contributed by atoms with E-state index in [-0.39, 0.29) is 11.6 Å². The quantitative estimate of drug-likeness (QED) is 0.276. The molecule has 1 aromatic carbocycles. The van der Waals surface area contributed by atoms with Crippen LogP contribution in [0.1, 0.15) is 67.4 Å². The molecule has 200 valence electrons. The summed E-state index contributed by atoms with van der Waals surface area (Å²) < 4.78 is 13.4. The van der Waals surface area contributed by atoms with E-state index in [1.807, 2.05) is 66.3 Å². The summed E-state index contributed by atoms with van der Waals surface area (Å²) in [4.78, 5) is 23.3. The second-order valence-corrected chi connectivity index (χ2v) is 9.90. The Hall–Kier alpha value is -4.31. The molecule has 1 N–H and O–H groups in total. The zero-order chi connectivity index (χ0) is 26.6. The third-order valence-corrected chi connectivity index (χ3v) is 7.30. The van der Waals surface area contributed by atoms with Gasteiger partial charge in [-0.05, 0) is 78.2 Å². The molecule has 0 amide bonds. The number of hydrogen-bond donors (Lipinski definition) is 1. The molecule has 0 spiro atoms. The van der Waals surface area contributed by atoms with Crippen LogP contribution in [0.5, 0.6) is 5.75 Å². The van der Waals surface area contributed by atoms with Crippen molar-refractivity contribution in [1.29, 1.82) is 0 Å². The Labute approximate surface area is 225 Å². The van der Waals surface area contributed by atoms with E-state index in [1.54, 1.807) is 12.5 Å². The van der Waals surface area contributed by atoms with Crippen molar-refractivity contribution in [3.63, 3.8) is 0 Å². The number of furan rings is 1. The number of aromatic nitrogens is 6. The first-order chi connectivity index (χ1) is 19.2. The van der Waals surface area contributed by atoms with Gasteiger partial charge >= 0.3 is 0 Å². The average Bonchev–Trinajstić information content (AvgIpc) is 3.73. The Balaban J connectivity index is 1.52. The van der Waals surface area contributed by atoms with Crippen molar-refractivity contribution in [2.75, 3.05) is 6.61 Å². The molecule has 1 aliphatic carbocycles. The lowest BCUT2D eigenvalue weighted by Crippen LogP contribution is -2.35. The molecule has 0 radical (unpaired) electrons. The Morgan fingerprint density at radius 1 is 1.15 bits per heavy atom. The monoisotopic (exact) mass is 525 g/mol. The standard InChI is InChI=1S/C29H31N7O3/c1-2-38-23-11-12-26-21(15-23)16-25(29(37)31-26)27(28-32-33-34-36(28)22-8-3-4-9-22)35(19-24-10-6-14-39-24)18-20-7-5-13-30-17-20/h5-7,10-17,22,27H,2-4,8-9,18-19H2,1H3,(H,31,37)/t27-/m0/s1. The van der Waals surface area contributed by atoms with E-state index in [1.165, 1.54) is 0 Å². The topological polar surface area (TPSA) is 115 Å². The number of H-pyrrole nitrogens is 1. The molecular weight excluding hydrogens is 494 g/mol. The van der Waals surface area contributed by atoms with Crippen LogP contribution in [0.25, 0.3) is 10.9 Å². The summed E-state index contributed by atoms with van der Waals surface area (Å²) >= 11 is 0. The van der Waals surface area contributed by atoms with Crippen molar-refractivity contribution in [1.82, 2.24) is 35.1 Å². The van der Waals surface area contributed by atoms with Crippen molar-refractivity contribution >= 4 is 10.9 Å². The van der Waals surface area contributed by atoms with Crippen LogP contribution in [0.15, 0.2) is 76.4 Å². The van der Waals surface area contributed by atoms with Crippen LogP contribution >= 0.6 is 0 Å². The minimum absolute atomic E-state index is 0.187.